The molecule has 0 N–H and O–H groups in total. The van der Waals surface area contributed by atoms with Crippen molar-refractivity contribution < 1.29 is 4.74 Å². The Balaban J connectivity index is 2.51. The van der Waals surface area contributed by atoms with Crippen molar-refractivity contribution in [3.05, 3.63) is 17.9 Å². The van der Waals surface area contributed by atoms with E-state index in [-0.39, 0.29) is 6.04 Å². The normalized spacial score (nSPS) is 21.8. The Bertz CT molecular complexity index is 233. The van der Waals surface area contributed by atoms with Gasteiger partial charge in [0.05, 0.1) is 0 Å². The molecule has 2 nitrogen and oxygen atoms in total. The summed E-state index contributed by atoms with van der Waals surface area (Å²) in [4.78, 5) is 0. The Kier molecular flexibility index (Phi) is 5.44. The molecule has 0 fully saturated rings. The van der Waals surface area contributed by atoms with Crippen molar-refractivity contribution in [2.75, 3.05) is 0 Å². The van der Waals surface area contributed by atoms with Crippen LogP contribution in [0.5, 0.6) is 0 Å². The average molecular weight is 209 g/mol. The molecule has 1 aliphatic heterocycles. The summed E-state index contributed by atoms with van der Waals surface area (Å²) in [6.07, 6.45) is 10.6. The molecule has 0 radical (unpaired) electrons. The number of hydrogen-bond donors (Lipinski definition) is 0. The molecular weight excluding hydrogens is 186 g/mol. The molecule has 1 atom stereocenters. The standard InChI is InChI=1S/C13H23NO/c1-3-5-6-9-13-11-7-10-12(8-4-2)14(13)15/h4,12H,2-3,5-11H2,1H3. The summed E-state index contributed by atoms with van der Waals surface area (Å²) in [6.45, 7) is 5.91. The van der Waals surface area contributed by atoms with E-state index in [0.717, 1.165) is 31.4 Å². The van der Waals surface area contributed by atoms with Gasteiger partial charge < -0.3 is 5.21 Å². The van der Waals surface area contributed by atoms with E-state index < -0.39 is 0 Å². The van der Waals surface area contributed by atoms with Gasteiger partial charge in [-0.25, -0.2) is 4.74 Å². The largest absolute Gasteiger partial charge is 0.624 e. The van der Waals surface area contributed by atoms with E-state index in [1.807, 2.05) is 6.08 Å². The highest BCUT2D eigenvalue weighted by Gasteiger charge is 2.24. The molecule has 1 unspecified atom stereocenters. The predicted molar refractivity (Wildman–Crippen MR) is 65.2 cm³/mol. The van der Waals surface area contributed by atoms with Crippen LogP contribution in [0.15, 0.2) is 12.7 Å². The summed E-state index contributed by atoms with van der Waals surface area (Å²) < 4.78 is 1.28. The first-order valence-corrected chi connectivity index (χ1v) is 6.21. The first-order valence-electron chi connectivity index (χ1n) is 6.21. The molecule has 2 heteroatoms. The Labute approximate surface area is 93.3 Å². The van der Waals surface area contributed by atoms with Gasteiger partial charge in [-0.3, -0.25) is 0 Å². The Morgan fingerprint density at radius 1 is 1.53 bits per heavy atom. The fourth-order valence-electron chi connectivity index (χ4n) is 2.25. The predicted octanol–water partition coefficient (Wildman–Crippen LogP) is 3.65. The molecule has 1 aliphatic rings. The molecule has 0 aromatic heterocycles. The number of hydrogen-bond acceptors (Lipinski definition) is 1. The molecule has 0 aromatic carbocycles. The van der Waals surface area contributed by atoms with Crippen LogP contribution in [0.1, 0.15) is 58.3 Å². The molecular formula is C13H23NO. The summed E-state index contributed by atoms with van der Waals surface area (Å²) in [5.41, 5.74) is 1.13. The second kappa shape index (κ2) is 6.65. The average Bonchev–Trinajstić information content (AvgIpc) is 2.24. The maximum atomic E-state index is 11.9. The van der Waals surface area contributed by atoms with Crippen LogP contribution < -0.4 is 0 Å². The second-order valence-electron chi connectivity index (χ2n) is 4.42. The first-order chi connectivity index (χ1) is 7.29. The van der Waals surface area contributed by atoms with Crippen molar-refractivity contribution in [3.63, 3.8) is 0 Å². The van der Waals surface area contributed by atoms with Gasteiger partial charge in [0.2, 0.25) is 0 Å². The second-order valence-corrected chi connectivity index (χ2v) is 4.42. The van der Waals surface area contributed by atoms with Gasteiger partial charge in [0.25, 0.3) is 0 Å². The number of unbranched alkanes of at least 4 members (excludes halogenated alkanes) is 2. The SMILES string of the molecule is C=CCC1CCCC(CCCCC)=[N+]1[O-]. The van der Waals surface area contributed by atoms with Crippen LogP contribution in [0.4, 0.5) is 0 Å². The molecule has 0 aliphatic carbocycles. The van der Waals surface area contributed by atoms with Crippen LogP contribution >= 0.6 is 0 Å². The Morgan fingerprint density at radius 2 is 2.33 bits per heavy atom. The molecule has 15 heavy (non-hydrogen) atoms. The van der Waals surface area contributed by atoms with Crippen LogP contribution in [0.2, 0.25) is 0 Å². The Morgan fingerprint density at radius 3 is 3.00 bits per heavy atom. The van der Waals surface area contributed by atoms with E-state index in [0.29, 0.717) is 0 Å². The van der Waals surface area contributed by atoms with Crippen molar-refractivity contribution in [1.29, 1.82) is 0 Å². The van der Waals surface area contributed by atoms with Crippen molar-refractivity contribution in [2.24, 2.45) is 0 Å². The van der Waals surface area contributed by atoms with Gasteiger partial charge in [-0.1, -0.05) is 25.8 Å². The minimum atomic E-state index is 0.174. The fourth-order valence-corrected chi connectivity index (χ4v) is 2.25. The minimum Gasteiger partial charge on any atom is -0.624 e. The summed E-state index contributed by atoms with van der Waals surface area (Å²) in [5.74, 6) is 0. The zero-order valence-electron chi connectivity index (χ0n) is 9.87. The third kappa shape index (κ3) is 3.69. The van der Waals surface area contributed by atoms with Crippen molar-refractivity contribution >= 4 is 5.71 Å². The lowest BCUT2D eigenvalue weighted by molar-refractivity contribution is -0.508. The van der Waals surface area contributed by atoms with E-state index in [1.165, 1.54) is 30.4 Å². The van der Waals surface area contributed by atoms with Gasteiger partial charge in [0, 0.05) is 25.7 Å². The molecule has 0 aromatic rings. The molecule has 1 heterocycles. The smallest absolute Gasteiger partial charge is 0.166 e. The zero-order valence-corrected chi connectivity index (χ0v) is 9.87. The van der Waals surface area contributed by atoms with E-state index in [9.17, 15) is 5.21 Å². The summed E-state index contributed by atoms with van der Waals surface area (Å²) in [6, 6.07) is 0.174. The van der Waals surface area contributed by atoms with Crippen LogP contribution in [0, 0.1) is 5.21 Å². The monoisotopic (exact) mass is 209 g/mol. The molecule has 0 bridgehead atoms. The number of nitrogens with zero attached hydrogens (tertiary/aromatic N) is 1. The lowest BCUT2D eigenvalue weighted by Crippen LogP contribution is -2.31. The van der Waals surface area contributed by atoms with Gasteiger partial charge >= 0.3 is 0 Å². The maximum absolute atomic E-state index is 11.9. The first kappa shape index (κ1) is 12.3. The quantitative estimate of drug-likeness (QED) is 0.284. The van der Waals surface area contributed by atoms with Gasteiger partial charge in [-0.15, -0.1) is 6.58 Å². The van der Waals surface area contributed by atoms with Gasteiger partial charge in [-0.05, 0) is 12.8 Å². The zero-order chi connectivity index (χ0) is 11.1. The van der Waals surface area contributed by atoms with Crippen molar-refractivity contribution in [3.8, 4) is 0 Å². The Hall–Kier alpha value is -0.790. The van der Waals surface area contributed by atoms with Crippen molar-refractivity contribution in [2.45, 2.75) is 64.3 Å². The van der Waals surface area contributed by atoms with Gasteiger partial charge in [0.15, 0.2) is 11.8 Å². The lowest BCUT2D eigenvalue weighted by atomic mass is 9.97. The molecule has 0 saturated heterocycles. The van der Waals surface area contributed by atoms with Gasteiger partial charge in [-0.2, -0.15) is 0 Å². The summed E-state index contributed by atoms with van der Waals surface area (Å²) in [5, 5.41) is 11.9. The molecule has 1 rings (SSSR count). The van der Waals surface area contributed by atoms with Gasteiger partial charge in [0.1, 0.15) is 0 Å². The summed E-state index contributed by atoms with van der Waals surface area (Å²) >= 11 is 0. The van der Waals surface area contributed by atoms with Crippen LogP contribution in [0.25, 0.3) is 0 Å². The number of rotatable bonds is 6. The van der Waals surface area contributed by atoms with Crippen LogP contribution in [-0.4, -0.2) is 16.5 Å². The third-order valence-electron chi connectivity index (χ3n) is 3.15. The van der Waals surface area contributed by atoms with E-state index in [1.54, 1.807) is 0 Å². The highest BCUT2D eigenvalue weighted by atomic mass is 16.5. The number of hydroxylamine groups is 1. The molecule has 0 saturated carbocycles. The molecule has 86 valence electrons. The lowest BCUT2D eigenvalue weighted by Gasteiger charge is -2.23. The third-order valence-corrected chi connectivity index (χ3v) is 3.15. The fraction of sp³-hybridized carbons (Fsp3) is 0.769. The highest BCUT2D eigenvalue weighted by Crippen LogP contribution is 2.18. The van der Waals surface area contributed by atoms with Crippen molar-refractivity contribution in [1.82, 2.24) is 0 Å². The minimum absolute atomic E-state index is 0.174. The van der Waals surface area contributed by atoms with Crippen LogP contribution in [0.3, 0.4) is 0 Å². The van der Waals surface area contributed by atoms with Crippen LogP contribution in [-0.2, 0) is 0 Å². The molecule has 0 spiro atoms. The maximum Gasteiger partial charge on any atom is 0.166 e. The molecule has 0 amide bonds. The highest BCUT2D eigenvalue weighted by molar-refractivity contribution is 5.80. The van der Waals surface area contributed by atoms with E-state index >= 15 is 0 Å². The van der Waals surface area contributed by atoms with E-state index in [2.05, 4.69) is 13.5 Å². The topological polar surface area (TPSA) is 26.1 Å². The summed E-state index contributed by atoms with van der Waals surface area (Å²) in [7, 11) is 0. The van der Waals surface area contributed by atoms with E-state index in [4.69, 9.17) is 0 Å².